The molecule has 0 radical (unpaired) electrons. The van der Waals surface area contributed by atoms with Crippen LogP contribution in [-0.2, 0) is 0 Å². The number of hydrogen-bond acceptors (Lipinski definition) is 2. The third-order valence-corrected chi connectivity index (χ3v) is 3.53. The Balaban J connectivity index is 2.25. The molecule has 1 aliphatic heterocycles. The van der Waals surface area contributed by atoms with Crippen LogP contribution in [0.15, 0.2) is 18.2 Å². The van der Waals surface area contributed by atoms with Gasteiger partial charge in [-0.1, -0.05) is 17.7 Å². The van der Waals surface area contributed by atoms with Crippen LogP contribution < -0.4 is 5.32 Å². The lowest BCUT2D eigenvalue weighted by Crippen LogP contribution is -2.30. The highest BCUT2D eigenvalue weighted by molar-refractivity contribution is 6.30. The smallest absolute Gasteiger partial charge is 0.129 e. The SMILES string of the molecule is N#CC(c1ccc(Cl)cc1F)C1CCNCC1. The molecule has 1 saturated heterocycles. The number of nitrogens with zero attached hydrogens (tertiary/aromatic N) is 1. The summed E-state index contributed by atoms with van der Waals surface area (Å²) in [5.41, 5.74) is 0.476. The van der Waals surface area contributed by atoms with Gasteiger partial charge in [0.15, 0.2) is 0 Å². The van der Waals surface area contributed by atoms with Crippen molar-refractivity contribution >= 4 is 11.6 Å². The van der Waals surface area contributed by atoms with E-state index in [4.69, 9.17) is 11.6 Å². The van der Waals surface area contributed by atoms with Gasteiger partial charge in [-0.05, 0) is 44.0 Å². The molecule has 1 heterocycles. The van der Waals surface area contributed by atoms with Crippen molar-refractivity contribution in [3.05, 3.63) is 34.6 Å². The minimum absolute atomic E-state index is 0.233. The van der Waals surface area contributed by atoms with Gasteiger partial charge in [0, 0.05) is 10.6 Å². The Morgan fingerprint density at radius 2 is 2.12 bits per heavy atom. The van der Waals surface area contributed by atoms with Gasteiger partial charge in [-0.2, -0.15) is 5.26 Å². The fraction of sp³-hybridized carbons (Fsp3) is 0.462. The zero-order valence-corrected chi connectivity index (χ0v) is 10.2. The summed E-state index contributed by atoms with van der Waals surface area (Å²) < 4.78 is 13.8. The lowest BCUT2D eigenvalue weighted by molar-refractivity contribution is 0.346. The number of piperidine rings is 1. The third kappa shape index (κ3) is 2.77. The average molecular weight is 253 g/mol. The molecule has 90 valence electrons. The van der Waals surface area contributed by atoms with Crippen LogP contribution in [0.3, 0.4) is 0 Å². The van der Waals surface area contributed by atoms with E-state index in [1.807, 2.05) is 0 Å². The number of halogens is 2. The average Bonchev–Trinajstić information content (AvgIpc) is 2.34. The van der Waals surface area contributed by atoms with Crippen LogP contribution in [-0.4, -0.2) is 13.1 Å². The Bertz CT molecular complexity index is 436. The highest BCUT2D eigenvalue weighted by Crippen LogP contribution is 2.32. The molecule has 4 heteroatoms. The van der Waals surface area contributed by atoms with Crippen LogP contribution in [0.25, 0.3) is 0 Å². The molecular weight excluding hydrogens is 239 g/mol. The van der Waals surface area contributed by atoms with E-state index in [2.05, 4.69) is 11.4 Å². The molecule has 0 bridgehead atoms. The largest absolute Gasteiger partial charge is 0.317 e. The topological polar surface area (TPSA) is 35.8 Å². The van der Waals surface area contributed by atoms with Gasteiger partial charge < -0.3 is 5.32 Å². The standard InChI is InChI=1S/C13H14ClFN2/c14-10-1-2-11(13(15)7-10)12(8-16)9-3-5-17-6-4-9/h1-2,7,9,12,17H,3-6H2. The van der Waals surface area contributed by atoms with Gasteiger partial charge in [0.25, 0.3) is 0 Å². The van der Waals surface area contributed by atoms with E-state index in [9.17, 15) is 9.65 Å². The third-order valence-electron chi connectivity index (χ3n) is 3.29. The first-order valence-electron chi connectivity index (χ1n) is 5.77. The zero-order valence-electron chi connectivity index (χ0n) is 9.42. The van der Waals surface area contributed by atoms with Crippen molar-refractivity contribution in [2.45, 2.75) is 18.8 Å². The van der Waals surface area contributed by atoms with Gasteiger partial charge in [0.05, 0.1) is 12.0 Å². The molecule has 0 aromatic heterocycles. The second kappa shape index (κ2) is 5.48. The van der Waals surface area contributed by atoms with Gasteiger partial charge in [0.2, 0.25) is 0 Å². The number of nitriles is 1. The fourth-order valence-electron chi connectivity index (χ4n) is 2.36. The zero-order chi connectivity index (χ0) is 12.3. The number of rotatable bonds is 2. The monoisotopic (exact) mass is 252 g/mol. The molecule has 1 aliphatic rings. The van der Waals surface area contributed by atoms with Crippen LogP contribution in [0, 0.1) is 23.1 Å². The second-order valence-corrected chi connectivity index (χ2v) is 4.80. The van der Waals surface area contributed by atoms with E-state index in [0.29, 0.717) is 10.6 Å². The molecule has 1 N–H and O–H groups in total. The quantitative estimate of drug-likeness (QED) is 0.878. The van der Waals surface area contributed by atoms with Crippen LogP contribution in [0.5, 0.6) is 0 Å². The Hall–Kier alpha value is -1.11. The van der Waals surface area contributed by atoms with E-state index in [1.54, 1.807) is 12.1 Å². The van der Waals surface area contributed by atoms with E-state index >= 15 is 0 Å². The van der Waals surface area contributed by atoms with Gasteiger partial charge >= 0.3 is 0 Å². The van der Waals surface area contributed by atoms with Crippen LogP contribution in [0.1, 0.15) is 24.3 Å². The number of hydrogen-bond donors (Lipinski definition) is 1. The van der Waals surface area contributed by atoms with Crippen molar-refractivity contribution in [2.24, 2.45) is 5.92 Å². The fourth-order valence-corrected chi connectivity index (χ4v) is 2.52. The lowest BCUT2D eigenvalue weighted by atomic mass is 9.81. The molecule has 0 amide bonds. The van der Waals surface area contributed by atoms with E-state index in [0.717, 1.165) is 25.9 Å². The summed E-state index contributed by atoms with van der Waals surface area (Å²) in [6.45, 7) is 1.80. The maximum Gasteiger partial charge on any atom is 0.129 e. The molecule has 1 aromatic carbocycles. The Labute approximate surface area is 105 Å². The Morgan fingerprint density at radius 3 is 2.71 bits per heavy atom. The number of benzene rings is 1. The highest BCUT2D eigenvalue weighted by atomic mass is 35.5. The van der Waals surface area contributed by atoms with Gasteiger partial charge in [-0.25, -0.2) is 4.39 Å². The normalized spacial score (nSPS) is 18.6. The van der Waals surface area contributed by atoms with Crippen LogP contribution in [0.2, 0.25) is 5.02 Å². The predicted octanol–water partition coefficient (Wildman–Crippen LogP) is 3.09. The Morgan fingerprint density at radius 1 is 1.41 bits per heavy atom. The van der Waals surface area contributed by atoms with Crippen molar-refractivity contribution < 1.29 is 4.39 Å². The molecule has 1 unspecified atom stereocenters. The van der Waals surface area contributed by atoms with Gasteiger partial charge in [0.1, 0.15) is 5.82 Å². The van der Waals surface area contributed by atoms with Crippen molar-refractivity contribution in [1.29, 1.82) is 5.26 Å². The molecule has 0 spiro atoms. The molecule has 0 saturated carbocycles. The van der Waals surface area contributed by atoms with Gasteiger partial charge in [-0.3, -0.25) is 0 Å². The number of nitrogens with one attached hydrogen (secondary N) is 1. The molecule has 1 atom stereocenters. The first kappa shape index (κ1) is 12.3. The summed E-state index contributed by atoms with van der Waals surface area (Å²) in [7, 11) is 0. The van der Waals surface area contributed by atoms with E-state index in [1.165, 1.54) is 6.07 Å². The van der Waals surface area contributed by atoms with Crippen molar-refractivity contribution in [3.63, 3.8) is 0 Å². The summed E-state index contributed by atoms with van der Waals surface area (Å²) in [5, 5.41) is 12.9. The maximum atomic E-state index is 13.8. The Kier molecular flexibility index (Phi) is 3.98. The van der Waals surface area contributed by atoms with Crippen molar-refractivity contribution in [3.8, 4) is 6.07 Å². The lowest BCUT2D eigenvalue weighted by Gasteiger charge is -2.26. The minimum Gasteiger partial charge on any atom is -0.317 e. The molecular formula is C13H14ClFN2. The van der Waals surface area contributed by atoms with E-state index < -0.39 is 0 Å². The molecule has 17 heavy (non-hydrogen) atoms. The summed E-state index contributed by atoms with van der Waals surface area (Å²) in [5.74, 6) is -0.506. The van der Waals surface area contributed by atoms with Crippen LogP contribution >= 0.6 is 11.6 Å². The molecule has 2 nitrogen and oxygen atoms in total. The first-order valence-corrected chi connectivity index (χ1v) is 6.15. The molecule has 0 aliphatic carbocycles. The maximum absolute atomic E-state index is 13.8. The predicted molar refractivity (Wildman–Crippen MR) is 65.4 cm³/mol. The molecule has 1 fully saturated rings. The van der Waals surface area contributed by atoms with E-state index in [-0.39, 0.29) is 17.7 Å². The second-order valence-electron chi connectivity index (χ2n) is 4.36. The summed E-state index contributed by atoms with van der Waals surface area (Å²) in [4.78, 5) is 0. The highest BCUT2D eigenvalue weighted by Gasteiger charge is 2.26. The first-order chi connectivity index (χ1) is 8.22. The van der Waals surface area contributed by atoms with Gasteiger partial charge in [-0.15, -0.1) is 0 Å². The van der Waals surface area contributed by atoms with Crippen LogP contribution in [0.4, 0.5) is 4.39 Å². The molecule has 2 rings (SSSR count). The van der Waals surface area contributed by atoms with Crippen molar-refractivity contribution in [1.82, 2.24) is 5.32 Å². The summed E-state index contributed by atoms with van der Waals surface area (Å²) >= 11 is 5.72. The summed E-state index contributed by atoms with van der Waals surface area (Å²) in [6, 6.07) is 6.79. The molecule has 1 aromatic rings. The minimum atomic E-state index is -0.373. The van der Waals surface area contributed by atoms with Crippen molar-refractivity contribution in [2.75, 3.05) is 13.1 Å². The summed E-state index contributed by atoms with van der Waals surface area (Å²) in [6.07, 6.45) is 1.83.